The number of rotatable bonds is 4. The molecule has 0 bridgehead atoms. The molecular weight excluding hydrogens is 298 g/mol. The summed E-state index contributed by atoms with van der Waals surface area (Å²) in [4.78, 5) is 4.39. The van der Waals surface area contributed by atoms with Crippen molar-refractivity contribution in [1.29, 1.82) is 0 Å². The van der Waals surface area contributed by atoms with Gasteiger partial charge in [-0.15, -0.1) is 0 Å². The van der Waals surface area contributed by atoms with E-state index >= 15 is 0 Å². The average molecular weight is 319 g/mol. The predicted molar refractivity (Wildman–Crippen MR) is 87.2 cm³/mol. The quantitative estimate of drug-likeness (QED) is 0.941. The minimum atomic E-state index is -3.23. The van der Waals surface area contributed by atoms with Crippen LogP contribution in [-0.4, -0.2) is 30.3 Å². The number of hydrogen-bond donors (Lipinski definition) is 1. The fourth-order valence-electron chi connectivity index (χ4n) is 2.95. The van der Waals surface area contributed by atoms with Crippen LogP contribution in [0.1, 0.15) is 32.1 Å². The Hall–Kier alpha value is -1.82. The highest BCUT2D eigenvalue weighted by Gasteiger charge is 2.17. The van der Waals surface area contributed by atoms with Crippen LogP contribution in [0.25, 0.3) is 5.69 Å². The monoisotopic (exact) mass is 319 g/mol. The van der Waals surface area contributed by atoms with Gasteiger partial charge in [0.15, 0.2) is 9.84 Å². The summed E-state index contributed by atoms with van der Waals surface area (Å²) in [6.45, 7) is 0. The number of anilines is 1. The maximum Gasteiger partial charge on any atom is 0.175 e. The molecule has 0 spiro atoms. The first-order valence-electron chi connectivity index (χ1n) is 7.63. The number of sulfone groups is 1. The van der Waals surface area contributed by atoms with Gasteiger partial charge in [-0.1, -0.05) is 19.3 Å². The Balaban J connectivity index is 1.98. The first kappa shape index (κ1) is 15.1. The molecule has 1 saturated carbocycles. The van der Waals surface area contributed by atoms with E-state index < -0.39 is 9.84 Å². The number of hydrogen-bond acceptors (Lipinski definition) is 4. The first-order valence-corrected chi connectivity index (χ1v) is 9.52. The predicted octanol–water partition coefficient (Wildman–Crippen LogP) is 3.02. The summed E-state index contributed by atoms with van der Waals surface area (Å²) in [6.07, 6.45) is 12.6. The number of nitrogens with zero attached hydrogens (tertiary/aromatic N) is 2. The zero-order valence-electron chi connectivity index (χ0n) is 12.7. The maximum atomic E-state index is 11.8. The van der Waals surface area contributed by atoms with Crippen LogP contribution in [-0.2, 0) is 9.84 Å². The van der Waals surface area contributed by atoms with E-state index in [4.69, 9.17) is 0 Å². The Bertz CT molecular complexity index is 733. The summed E-state index contributed by atoms with van der Waals surface area (Å²) >= 11 is 0. The van der Waals surface area contributed by atoms with E-state index in [0.717, 1.165) is 24.2 Å². The molecule has 0 unspecified atom stereocenters. The van der Waals surface area contributed by atoms with Crippen LogP contribution in [0.5, 0.6) is 0 Å². The lowest BCUT2D eigenvalue weighted by Gasteiger charge is -2.25. The largest absolute Gasteiger partial charge is 0.381 e. The van der Waals surface area contributed by atoms with Gasteiger partial charge in [0, 0.05) is 24.7 Å². The fraction of sp³-hybridized carbons (Fsp3) is 0.438. The van der Waals surface area contributed by atoms with Crippen molar-refractivity contribution in [3.63, 3.8) is 0 Å². The molecule has 0 radical (unpaired) electrons. The molecule has 1 fully saturated rings. The molecule has 1 aromatic carbocycles. The minimum Gasteiger partial charge on any atom is -0.381 e. The highest BCUT2D eigenvalue weighted by Crippen LogP contribution is 2.28. The minimum absolute atomic E-state index is 0.324. The Kier molecular flexibility index (Phi) is 4.20. The number of imidazole rings is 1. The molecule has 1 N–H and O–H groups in total. The van der Waals surface area contributed by atoms with Crippen molar-refractivity contribution in [1.82, 2.24) is 9.55 Å². The van der Waals surface area contributed by atoms with Crippen molar-refractivity contribution in [2.24, 2.45) is 0 Å². The third kappa shape index (κ3) is 3.32. The van der Waals surface area contributed by atoms with E-state index in [2.05, 4.69) is 10.3 Å². The zero-order valence-corrected chi connectivity index (χ0v) is 13.5. The number of nitrogens with one attached hydrogen (secondary N) is 1. The van der Waals surface area contributed by atoms with Gasteiger partial charge in [-0.25, -0.2) is 13.4 Å². The van der Waals surface area contributed by atoms with E-state index in [1.807, 2.05) is 16.8 Å². The molecule has 1 aliphatic carbocycles. The van der Waals surface area contributed by atoms with Crippen LogP contribution < -0.4 is 5.32 Å². The second kappa shape index (κ2) is 6.12. The van der Waals surface area contributed by atoms with Gasteiger partial charge in [0.25, 0.3) is 0 Å². The van der Waals surface area contributed by atoms with Crippen molar-refractivity contribution in [2.75, 3.05) is 11.6 Å². The molecule has 1 heterocycles. The molecule has 0 atom stereocenters. The molecule has 0 amide bonds. The van der Waals surface area contributed by atoms with Gasteiger partial charge in [-0.3, -0.25) is 0 Å². The lowest BCUT2D eigenvalue weighted by Crippen LogP contribution is -2.23. The molecule has 3 rings (SSSR count). The summed E-state index contributed by atoms with van der Waals surface area (Å²) in [7, 11) is -3.23. The topological polar surface area (TPSA) is 64.0 Å². The molecule has 0 saturated heterocycles. The van der Waals surface area contributed by atoms with Crippen molar-refractivity contribution in [3.05, 3.63) is 36.9 Å². The van der Waals surface area contributed by atoms with E-state index in [1.165, 1.54) is 25.5 Å². The Morgan fingerprint density at radius 1 is 1.23 bits per heavy atom. The molecule has 118 valence electrons. The van der Waals surface area contributed by atoms with Gasteiger partial charge < -0.3 is 9.88 Å². The molecule has 1 aliphatic rings. The second-order valence-electron chi connectivity index (χ2n) is 5.90. The third-order valence-electron chi connectivity index (χ3n) is 4.14. The van der Waals surface area contributed by atoms with Crippen LogP contribution in [0.15, 0.2) is 41.8 Å². The first-order chi connectivity index (χ1) is 10.5. The van der Waals surface area contributed by atoms with Gasteiger partial charge >= 0.3 is 0 Å². The van der Waals surface area contributed by atoms with E-state index in [-0.39, 0.29) is 0 Å². The molecule has 2 aromatic rings. The maximum absolute atomic E-state index is 11.8. The van der Waals surface area contributed by atoms with Crippen LogP contribution in [0.4, 0.5) is 5.69 Å². The van der Waals surface area contributed by atoms with Gasteiger partial charge in [-0.05, 0) is 31.0 Å². The molecular formula is C16H21N3O2S. The Labute approximate surface area is 131 Å². The van der Waals surface area contributed by atoms with Gasteiger partial charge in [0.05, 0.1) is 22.6 Å². The fourth-order valence-corrected chi connectivity index (χ4v) is 3.59. The van der Waals surface area contributed by atoms with Crippen LogP contribution in [0.2, 0.25) is 0 Å². The van der Waals surface area contributed by atoms with Crippen LogP contribution in [0, 0.1) is 0 Å². The third-order valence-corrected chi connectivity index (χ3v) is 5.25. The van der Waals surface area contributed by atoms with E-state index in [1.54, 1.807) is 24.7 Å². The summed E-state index contributed by atoms with van der Waals surface area (Å²) < 4.78 is 25.5. The number of benzene rings is 1. The summed E-state index contributed by atoms with van der Waals surface area (Å²) in [6, 6.07) is 5.70. The van der Waals surface area contributed by atoms with Crippen LogP contribution >= 0.6 is 0 Å². The molecule has 0 aliphatic heterocycles. The summed E-state index contributed by atoms with van der Waals surface area (Å²) in [5, 5.41) is 3.57. The van der Waals surface area contributed by atoms with Crippen molar-refractivity contribution in [2.45, 2.75) is 43.0 Å². The normalized spacial score (nSPS) is 16.6. The van der Waals surface area contributed by atoms with E-state index in [9.17, 15) is 8.42 Å². The summed E-state index contributed by atoms with van der Waals surface area (Å²) in [5.74, 6) is 0. The lowest BCUT2D eigenvalue weighted by molar-refractivity contribution is 0.462. The standard InChI is InChI=1S/C16H21N3O2S/c1-22(20,21)14-7-8-15(18-13-5-3-2-4-6-13)16(11-14)19-10-9-17-12-19/h7-13,18H,2-6H2,1H3. The number of aromatic nitrogens is 2. The smallest absolute Gasteiger partial charge is 0.175 e. The second-order valence-corrected chi connectivity index (χ2v) is 7.92. The van der Waals surface area contributed by atoms with Crippen molar-refractivity contribution < 1.29 is 8.42 Å². The average Bonchev–Trinajstić information content (AvgIpc) is 3.01. The Morgan fingerprint density at radius 2 is 2.00 bits per heavy atom. The SMILES string of the molecule is CS(=O)(=O)c1ccc(NC2CCCCC2)c(-n2ccnc2)c1. The van der Waals surface area contributed by atoms with Crippen molar-refractivity contribution >= 4 is 15.5 Å². The van der Waals surface area contributed by atoms with Gasteiger partial charge in [-0.2, -0.15) is 0 Å². The van der Waals surface area contributed by atoms with Gasteiger partial charge in [0.1, 0.15) is 0 Å². The lowest BCUT2D eigenvalue weighted by atomic mass is 9.95. The van der Waals surface area contributed by atoms with Crippen LogP contribution in [0.3, 0.4) is 0 Å². The summed E-state index contributed by atoms with van der Waals surface area (Å²) in [5.41, 5.74) is 1.78. The Morgan fingerprint density at radius 3 is 2.64 bits per heavy atom. The highest BCUT2D eigenvalue weighted by atomic mass is 32.2. The van der Waals surface area contributed by atoms with E-state index in [0.29, 0.717) is 10.9 Å². The molecule has 22 heavy (non-hydrogen) atoms. The zero-order chi connectivity index (χ0) is 15.6. The molecule has 6 heteroatoms. The molecule has 5 nitrogen and oxygen atoms in total. The molecule has 1 aromatic heterocycles. The van der Waals surface area contributed by atoms with Crippen molar-refractivity contribution in [3.8, 4) is 5.69 Å². The highest BCUT2D eigenvalue weighted by molar-refractivity contribution is 7.90. The van der Waals surface area contributed by atoms with Gasteiger partial charge in [0.2, 0.25) is 0 Å².